The van der Waals surface area contributed by atoms with Crippen LogP contribution in [0.4, 0.5) is 5.95 Å². The second-order valence-electron chi connectivity index (χ2n) is 4.56. The molecule has 1 fully saturated rings. The molecule has 2 rings (SSSR count). The number of nitrogens with zero attached hydrogens (tertiary/aromatic N) is 3. The van der Waals surface area contributed by atoms with Crippen molar-refractivity contribution in [2.24, 2.45) is 0 Å². The molecule has 1 amide bonds. The number of carbonyl (C=O) groups excluding carboxylic acids is 1. The number of aromatic nitrogens is 2. The summed E-state index contributed by atoms with van der Waals surface area (Å²) in [6.45, 7) is 5.59. The van der Waals surface area contributed by atoms with Crippen LogP contribution in [0, 0.1) is 6.92 Å². The van der Waals surface area contributed by atoms with Gasteiger partial charge in [0.1, 0.15) is 5.69 Å². The Balaban J connectivity index is 1.83. The summed E-state index contributed by atoms with van der Waals surface area (Å²) in [5.41, 5.74) is 6.55. The van der Waals surface area contributed by atoms with Gasteiger partial charge in [-0.25, -0.2) is 9.97 Å². The van der Waals surface area contributed by atoms with Gasteiger partial charge in [0.15, 0.2) is 0 Å². The topological polar surface area (TPSA) is 84.1 Å². The molecule has 0 aromatic carbocycles. The number of nitrogens with one attached hydrogen (secondary N) is 1. The minimum atomic E-state index is -0.189. The number of hydrogen-bond donors (Lipinski definition) is 2. The number of anilines is 1. The summed E-state index contributed by atoms with van der Waals surface area (Å²) in [6.07, 6.45) is 2.52. The lowest BCUT2D eigenvalue weighted by Gasteiger charge is -2.14. The van der Waals surface area contributed by atoms with Gasteiger partial charge in [-0.3, -0.25) is 4.79 Å². The number of likely N-dealkylation sites (tertiary alicyclic amines) is 1. The van der Waals surface area contributed by atoms with Crippen LogP contribution in [0.3, 0.4) is 0 Å². The molecule has 18 heavy (non-hydrogen) atoms. The fraction of sp³-hybridized carbons (Fsp3) is 0.583. The molecule has 0 aliphatic carbocycles. The summed E-state index contributed by atoms with van der Waals surface area (Å²) in [7, 11) is 0. The van der Waals surface area contributed by atoms with Gasteiger partial charge < -0.3 is 16.0 Å². The van der Waals surface area contributed by atoms with E-state index in [-0.39, 0.29) is 11.9 Å². The Hall–Kier alpha value is -1.69. The summed E-state index contributed by atoms with van der Waals surface area (Å²) in [4.78, 5) is 22.1. The highest BCUT2D eigenvalue weighted by atomic mass is 16.1. The Morgan fingerprint density at radius 1 is 1.44 bits per heavy atom. The van der Waals surface area contributed by atoms with Crippen LogP contribution in [0.2, 0.25) is 0 Å². The molecule has 1 aliphatic heterocycles. The first-order valence-corrected chi connectivity index (χ1v) is 6.27. The van der Waals surface area contributed by atoms with E-state index in [0.29, 0.717) is 17.9 Å². The average molecular weight is 249 g/mol. The molecule has 0 spiro atoms. The maximum absolute atomic E-state index is 11.8. The van der Waals surface area contributed by atoms with Crippen molar-refractivity contribution < 1.29 is 4.79 Å². The number of rotatable bonds is 4. The van der Waals surface area contributed by atoms with Crippen LogP contribution in [-0.4, -0.2) is 47.0 Å². The minimum Gasteiger partial charge on any atom is -0.368 e. The molecule has 1 saturated heterocycles. The van der Waals surface area contributed by atoms with Crippen molar-refractivity contribution >= 4 is 11.9 Å². The molecule has 98 valence electrons. The van der Waals surface area contributed by atoms with Gasteiger partial charge in [-0.1, -0.05) is 0 Å². The second kappa shape index (κ2) is 5.77. The molecular weight excluding hydrogens is 230 g/mol. The van der Waals surface area contributed by atoms with Crippen molar-refractivity contribution in [3.8, 4) is 0 Å². The van der Waals surface area contributed by atoms with E-state index in [2.05, 4.69) is 20.2 Å². The smallest absolute Gasteiger partial charge is 0.270 e. The molecule has 0 bridgehead atoms. The molecule has 2 heterocycles. The number of aryl methyl sites for hydroxylation is 1. The van der Waals surface area contributed by atoms with Gasteiger partial charge in [0.05, 0.1) is 0 Å². The maximum Gasteiger partial charge on any atom is 0.270 e. The Morgan fingerprint density at radius 2 is 2.17 bits per heavy atom. The predicted molar refractivity (Wildman–Crippen MR) is 69.2 cm³/mol. The van der Waals surface area contributed by atoms with Gasteiger partial charge in [0.25, 0.3) is 5.91 Å². The molecular formula is C12H19N5O. The zero-order valence-corrected chi connectivity index (χ0v) is 10.6. The zero-order valence-electron chi connectivity index (χ0n) is 10.6. The highest BCUT2D eigenvalue weighted by Crippen LogP contribution is 2.06. The van der Waals surface area contributed by atoms with Gasteiger partial charge in [-0.2, -0.15) is 0 Å². The Kier molecular flexibility index (Phi) is 4.09. The first-order chi connectivity index (χ1) is 8.65. The highest BCUT2D eigenvalue weighted by molar-refractivity contribution is 5.92. The van der Waals surface area contributed by atoms with Crippen molar-refractivity contribution in [2.75, 3.05) is 31.9 Å². The monoisotopic (exact) mass is 249 g/mol. The lowest BCUT2D eigenvalue weighted by atomic mass is 10.3. The van der Waals surface area contributed by atoms with Crippen LogP contribution in [0.1, 0.15) is 29.0 Å². The third-order valence-electron chi connectivity index (χ3n) is 3.02. The van der Waals surface area contributed by atoms with Crippen LogP contribution in [-0.2, 0) is 0 Å². The van der Waals surface area contributed by atoms with E-state index in [1.54, 1.807) is 13.0 Å². The number of amides is 1. The largest absolute Gasteiger partial charge is 0.368 e. The van der Waals surface area contributed by atoms with Crippen LogP contribution in [0.5, 0.6) is 0 Å². The first-order valence-electron chi connectivity index (χ1n) is 6.27. The number of hydrogen-bond acceptors (Lipinski definition) is 5. The number of nitrogens with two attached hydrogens (primary N) is 1. The van der Waals surface area contributed by atoms with Crippen LogP contribution >= 0.6 is 0 Å². The van der Waals surface area contributed by atoms with Gasteiger partial charge in [0.2, 0.25) is 5.95 Å². The van der Waals surface area contributed by atoms with E-state index in [4.69, 9.17) is 5.73 Å². The second-order valence-corrected chi connectivity index (χ2v) is 4.56. The molecule has 6 nitrogen and oxygen atoms in total. The lowest BCUT2D eigenvalue weighted by Crippen LogP contribution is -2.34. The third kappa shape index (κ3) is 3.40. The van der Waals surface area contributed by atoms with Crippen LogP contribution in [0.15, 0.2) is 6.07 Å². The van der Waals surface area contributed by atoms with Gasteiger partial charge >= 0.3 is 0 Å². The minimum absolute atomic E-state index is 0.139. The first kappa shape index (κ1) is 12.8. The Morgan fingerprint density at radius 3 is 2.83 bits per heavy atom. The molecule has 3 N–H and O–H groups in total. The summed E-state index contributed by atoms with van der Waals surface area (Å²) in [6, 6.07) is 1.64. The van der Waals surface area contributed by atoms with E-state index in [0.717, 1.165) is 19.6 Å². The Bertz CT molecular complexity index is 408. The van der Waals surface area contributed by atoms with Crippen LogP contribution < -0.4 is 11.1 Å². The van der Waals surface area contributed by atoms with Gasteiger partial charge in [-0.15, -0.1) is 0 Å². The fourth-order valence-electron chi connectivity index (χ4n) is 2.13. The van der Waals surface area contributed by atoms with E-state index in [9.17, 15) is 4.79 Å². The zero-order chi connectivity index (χ0) is 13.0. The third-order valence-corrected chi connectivity index (χ3v) is 3.02. The summed E-state index contributed by atoms with van der Waals surface area (Å²) >= 11 is 0. The molecule has 0 saturated carbocycles. The standard InChI is InChI=1S/C12H19N5O/c1-9-8-10(16-12(13)15-9)11(18)14-4-7-17-5-2-3-6-17/h8H,2-7H2,1H3,(H,14,18)(H2,13,15,16). The van der Waals surface area contributed by atoms with Crippen molar-refractivity contribution in [3.05, 3.63) is 17.5 Å². The molecule has 1 aromatic rings. The SMILES string of the molecule is Cc1cc(C(=O)NCCN2CCCC2)nc(N)n1. The predicted octanol–water partition coefficient (Wildman–Crippen LogP) is 0.193. The van der Waals surface area contributed by atoms with Gasteiger partial charge in [0, 0.05) is 18.8 Å². The molecule has 0 unspecified atom stereocenters. The molecule has 0 radical (unpaired) electrons. The van der Waals surface area contributed by atoms with Crippen molar-refractivity contribution in [3.63, 3.8) is 0 Å². The van der Waals surface area contributed by atoms with Gasteiger partial charge in [-0.05, 0) is 38.9 Å². The van der Waals surface area contributed by atoms with E-state index in [1.807, 2.05) is 0 Å². The quantitative estimate of drug-likeness (QED) is 0.796. The lowest BCUT2D eigenvalue weighted by molar-refractivity contribution is 0.0944. The Labute approximate surface area is 107 Å². The van der Waals surface area contributed by atoms with Crippen molar-refractivity contribution in [1.82, 2.24) is 20.2 Å². The summed E-state index contributed by atoms with van der Waals surface area (Å²) in [5.74, 6) is -0.0499. The van der Waals surface area contributed by atoms with Crippen molar-refractivity contribution in [1.29, 1.82) is 0 Å². The highest BCUT2D eigenvalue weighted by Gasteiger charge is 2.12. The van der Waals surface area contributed by atoms with E-state index < -0.39 is 0 Å². The average Bonchev–Trinajstić information content (AvgIpc) is 2.80. The van der Waals surface area contributed by atoms with E-state index >= 15 is 0 Å². The molecule has 1 aromatic heterocycles. The number of carbonyl (C=O) groups is 1. The normalized spacial score (nSPS) is 15.8. The summed E-state index contributed by atoms with van der Waals surface area (Å²) in [5, 5.41) is 2.85. The van der Waals surface area contributed by atoms with Crippen molar-refractivity contribution in [2.45, 2.75) is 19.8 Å². The molecule has 1 aliphatic rings. The molecule has 0 atom stereocenters. The summed E-state index contributed by atoms with van der Waals surface area (Å²) < 4.78 is 0. The maximum atomic E-state index is 11.8. The fourth-order valence-corrected chi connectivity index (χ4v) is 2.13. The molecule has 6 heteroatoms. The number of nitrogen functional groups attached to an aromatic ring is 1. The van der Waals surface area contributed by atoms with E-state index in [1.165, 1.54) is 12.8 Å². The van der Waals surface area contributed by atoms with Crippen LogP contribution in [0.25, 0.3) is 0 Å².